The Bertz CT molecular complexity index is 2390. The van der Waals surface area contributed by atoms with Gasteiger partial charge in [-0.15, -0.1) is 0 Å². The number of anilines is 2. The van der Waals surface area contributed by atoms with E-state index in [1.54, 1.807) is 19.2 Å². The SMILES string of the molecule is CC[C@@H]([C@H](C)O)n1ncn(-c2ccc(N3CCN(c4ccc(-c5ccc(C(F)(F)[C@@](C)(c6ccc(F)cc6F)n6nn[nH]c6=O)nc5)cc4)CC3)cn2)c1=O. The van der Waals surface area contributed by atoms with Crippen LogP contribution in [0.1, 0.15) is 44.5 Å². The third-order valence-corrected chi connectivity index (χ3v) is 10.2. The Morgan fingerprint density at radius 2 is 1.55 bits per heavy atom. The smallest absolute Gasteiger partial charge is 0.362 e. The standard InChI is InChI=1S/C37H37F4N11O3/c1-4-31(23(2)53)51-35(55)50(22-44-51)33-14-11-28(21-43-33)49-17-15-48(16-18-49)27-9-5-24(6-10-27)25-7-13-32(42-20-25)37(40,41)36(3,52-34(54)45-46-47-52)29-12-8-26(38)19-30(29)39/h5-14,19-23,31,53H,4,15-18H2,1-3H3,(H,45,47,54)/t23-,31-,36+/m0/s1. The molecule has 286 valence electrons. The van der Waals surface area contributed by atoms with Crippen molar-refractivity contribution in [2.45, 2.75) is 50.8 Å². The van der Waals surface area contributed by atoms with Gasteiger partial charge in [-0.05, 0) is 72.7 Å². The summed E-state index contributed by atoms with van der Waals surface area (Å²) in [5.74, 6) is -5.85. The molecule has 0 bridgehead atoms. The number of aliphatic hydroxyl groups excluding tert-OH is 1. The van der Waals surface area contributed by atoms with E-state index in [0.717, 1.165) is 55.2 Å². The first-order chi connectivity index (χ1) is 26.3. The van der Waals surface area contributed by atoms with Crippen molar-refractivity contribution in [3.05, 3.63) is 129 Å². The second kappa shape index (κ2) is 14.6. The highest BCUT2D eigenvalue weighted by Crippen LogP contribution is 2.47. The van der Waals surface area contributed by atoms with Crippen molar-refractivity contribution in [3.8, 4) is 16.9 Å². The molecule has 0 radical (unpaired) electrons. The molecular weight excluding hydrogens is 722 g/mol. The van der Waals surface area contributed by atoms with Gasteiger partial charge in [0, 0.05) is 55.3 Å². The van der Waals surface area contributed by atoms with Crippen LogP contribution >= 0.6 is 0 Å². The minimum absolute atomic E-state index is 0.328. The molecule has 2 aromatic carbocycles. The van der Waals surface area contributed by atoms with Crippen LogP contribution in [-0.4, -0.2) is 81.9 Å². The molecule has 7 rings (SSSR count). The molecule has 0 spiro atoms. The number of hydrogen-bond donors (Lipinski definition) is 2. The third-order valence-electron chi connectivity index (χ3n) is 10.2. The maximum absolute atomic E-state index is 16.4. The molecule has 0 saturated carbocycles. The minimum Gasteiger partial charge on any atom is -0.391 e. The molecule has 0 aliphatic carbocycles. The molecular formula is C37H37F4N11O3. The molecule has 1 aliphatic rings. The highest BCUT2D eigenvalue weighted by molar-refractivity contribution is 5.66. The predicted octanol–water partition coefficient (Wildman–Crippen LogP) is 4.26. The molecule has 6 aromatic rings. The van der Waals surface area contributed by atoms with E-state index in [1.807, 2.05) is 42.4 Å². The van der Waals surface area contributed by atoms with Crippen LogP contribution < -0.4 is 21.2 Å². The van der Waals surface area contributed by atoms with Crippen LogP contribution in [0.4, 0.5) is 28.9 Å². The van der Waals surface area contributed by atoms with Gasteiger partial charge in [-0.2, -0.15) is 18.6 Å². The van der Waals surface area contributed by atoms with Crippen molar-refractivity contribution < 1.29 is 22.7 Å². The zero-order valence-corrected chi connectivity index (χ0v) is 30.0. The third kappa shape index (κ3) is 6.66. The number of nitrogens with zero attached hydrogens (tertiary/aromatic N) is 10. The van der Waals surface area contributed by atoms with Crippen LogP contribution in [0.5, 0.6) is 0 Å². The van der Waals surface area contributed by atoms with E-state index in [9.17, 15) is 23.5 Å². The van der Waals surface area contributed by atoms with Gasteiger partial charge in [0.2, 0.25) is 0 Å². The molecule has 14 nitrogen and oxygen atoms in total. The number of pyridine rings is 2. The van der Waals surface area contributed by atoms with Gasteiger partial charge in [0.1, 0.15) is 29.5 Å². The fraction of sp³-hybridized carbons (Fsp3) is 0.324. The summed E-state index contributed by atoms with van der Waals surface area (Å²) in [6.07, 6.45) is 4.22. The van der Waals surface area contributed by atoms with E-state index >= 15 is 8.78 Å². The molecule has 3 atom stereocenters. The zero-order valence-electron chi connectivity index (χ0n) is 30.0. The number of H-pyrrole nitrogens is 1. The Morgan fingerprint density at radius 1 is 0.873 bits per heavy atom. The lowest BCUT2D eigenvalue weighted by Crippen LogP contribution is -2.52. The first-order valence-electron chi connectivity index (χ1n) is 17.5. The van der Waals surface area contributed by atoms with Gasteiger partial charge in [0.15, 0.2) is 5.54 Å². The summed E-state index contributed by atoms with van der Waals surface area (Å²) in [6.45, 7) is 7.30. The number of aromatic nitrogens is 9. The molecule has 5 heterocycles. The number of aromatic amines is 1. The number of alkyl halides is 2. The Balaban J connectivity index is 1.02. The molecule has 2 N–H and O–H groups in total. The zero-order chi connectivity index (χ0) is 39.1. The van der Waals surface area contributed by atoms with Crippen LogP contribution in [-0.2, 0) is 11.5 Å². The Hall–Kier alpha value is -6.17. The number of benzene rings is 2. The van der Waals surface area contributed by atoms with Crippen molar-refractivity contribution in [3.63, 3.8) is 0 Å². The minimum atomic E-state index is -4.02. The van der Waals surface area contributed by atoms with Crippen molar-refractivity contribution in [1.82, 2.24) is 44.5 Å². The number of rotatable bonds is 11. The maximum atomic E-state index is 16.4. The van der Waals surface area contributed by atoms with Gasteiger partial charge >= 0.3 is 17.3 Å². The van der Waals surface area contributed by atoms with Gasteiger partial charge in [-0.3, -0.25) is 4.98 Å². The Kier molecular flexibility index (Phi) is 9.85. The van der Waals surface area contributed by atoms with Crippen LogP contribution in [0.3, 0.4) is 0 Å². The highest BCUT2D eigenvalue weighted by atomic mass is 19.3. The van der Waals surface area contributed by atoms with Gasteiger partial charge in [0.25, 0.3) is 0 Å². The molecule has 1 aliphatic heterocycles. The number of piperazine rings is 1. The molecule has 1 fully saturated rings. The quantitative estimate of drug-likeness (QED) is 0.183. The normalized spacial score (nSPS) is 15.9. The van der Waals surface area contributed by atoms with Gasteiger partial charge in [0.05, 0.1) is 24.0 Å². The fourth-order valence-corrected chi connectivity index (χ4v) is 7.01. The predicted molar refractivity (Wildman–Crippen MR) is 194 cm³/mol. The second-order valence-corrected chi connectivity index (χ2v) is 13.5. The molecule has 1 saturated heterocycles. The number of tetrazole rings is 1. The van der Waals surface area contributed by atoms with E-state index < -0.39 is 52.2 Å². The maximum Gasteiger partial charge on any atom is 0.362 e. The molecule has 18 heteroatoms. The van der Waals surface area contributed by atoms with Crippen LogP contribution in [0.15, 0.2) is 95.0 Å². The first kappa shape index (κ1) is 37.2. The van der Waals surface area contributed by atoms with Crippen LogP contribution in [0.2, 0.25) is 0 Å². The van der Waals surface area contributed by atoms with E-state index in [4.69, 9.17) is 0 Å². The summed E-state index contributed by atoms with van der Waals surface area (Å²) in [4.78, 5) is 38.4. The van der Waals surface area contributed by atoms with Crippen LogP contribution in [0.25, 0.3) is 16.9 Å². The monoisotopic (exact) mass is 759 g/mol. The lowest BCUT2D eigenvalue weighted by Gasteiger charge is -2.37. The Morgan fingerprint density at radius 3 is 2.11 bits per heavy atom. The fourth-order valence-electron chi connectivity index (χ4n) is 7.01. The summed E-state index contributed by atoms with van der Waals surface area (Å²) >= 11 is 0. The van der Waals surface area contributed by atoms with Crippen molar-refractivity contribution >= 4 is 11.4 Å². The number of aliphatic hydroxyl groups is 1. The summed E-state index contributed by atoms with van der Waals surface area (Å²) in [5.41, 5.74) is -2.54. The van der Waals surface area contributed by atoms with Crippen molar-refractivity contribution in [1.29, 1.82) is 0 Å². The number of nitrogens with one attached hydrogen (secondary N) is 1. The lowest BCUT2D eigenvalue weighted by atomic mass is 9.83. The average molecular weight is 760 g/mol. The average Bonchev–Trinajstić information content (AvgIpc) is 3.80. The topological polar surface area (TPSA) is 156 Å². The van der Waals surface area contributed by atoms with Crippen molar-refractivity contribution in [2.24, 2.45) is 0 Å². The van der Waals surface area contributed by atoms with E-state index in [1.165, 1.54) is 27.8 Å². The van der Waals surface area contributed by atoms with Gasteiger partial charge in [-0.25, -0.2) is 37.7 Å². The number of halogens is 4. The van der Waals surface area contributed by atoms with Gasteiger partial charge < -0.3 is 14.9 Å². The highest BCUT2D eigenvalue weighted by Gasteiger charge is 2.58. The molecule has 0 amide bonds. The van der Waals surface area contributed by atoms with Crippen LogP contribution in [0, 0.1) is 11.6 Å². The van der Waals surface area contributed by atoms with E-state index in [0.29, 0.717) is 41.6 Å². The summed E-state index contributed by atoms with van der Waals surface area (Å²) in [7, 11) is 0. The first-order valence-corrected chi connectivity index (χ1v) is 17.5. The largest absolute Gasteiger partial charge is 0.391 e. The Labute approximate surface area is 311 Å². The number of hydrogen-bond acceptors (Lipinski definition) is 10. The lowest BCUT2D eigenvalue weighted by molar-refractivity contribution is -0.104. The summed E-state index contributed by atoms with van der Waals surface area (Å²) in [5, 5.41) is 23.0. The van der Waals surface area contributed by atoms with Gasteiger partial charge in [-0.1, -0.05) is 31.2 Å². The van der Waals surface area contributed by atoms with E-state index in [2.05, 4.69) is 35.3 Å². The molecule has 0 unspecified atom stereocenters. The second-order valence-electron chi connectivity index (χ2n) is 13.5. The summed E-state index contributed by atoms with van der Waals surface area (Å²) in [6, 6.07) is 15.5. The van der Waals surface area contributed by atoms with E-state index in [-0.39, 0.29) is 5.69 Å². The molecule has 4 aromatic heterocycles. The molecule has 55 heavy (non-hydrogen) atoms. The van der Waals surface area contributed by atoms with Crippen molar-refractivity contribution in [2.75, 3.05) is 36.0 Å². The summed E-state index contributed by atoms with van der Waals surface area (Å²) < 4.78 is 64.5.